The monoisotopic (exact) mass is 291 g/mol. The third kappa shape index (κ3) is 3.88. The smallest absolute Gasteiger partial charge is 0.241 e. The molecule has 8 heteroatoms. The predicted octanol–water partition coefficient (Wildman–Crippen LogP) is 0.698. The summed E-state index contributed by atoms with van der Waals surface area (Å²) in [5, 5.41) is 12.3. The molecular weight excluding hydrogens is 270 g/mol. The van der Waals surface area contributed by atoms with E-state index in [0.717, 1.165) is 13.0 Å². The maximum atomic E-state index is 9.15. The third-order valence-corrected chi connectivity index (χ3v) is 2.91. The van der Waals surface area contributed by atoms with E-state index in [4.69, 9.17) is 5.11 Å². The van der Waals surface area contributed by atoms with Gasteiger partial charge in [-0.1, -0.05) is 6.92 Å². The minimum atomic E-state index is 0.0532. The van der Waals surface area contributed by atoms with E-state index in [-0.39, 0.29) is 6.61 Å². The van der Waals surface area contributed by atoms with Gasteiger partial charge in [0.25, 0.3) is 0 Å². The van der Waals surface area contributed by atoms with Crippen LogP contribution in [-0.4, -0.2) is 55.9 Å². The van der Waals surface area contributed by atoms with E-state index in [9.17, 15) is 0 Å². The molecule has 0 fully saturated rings. The molecule has 0 saturated heterocycles. The molecular formula is C13H21N7O. The number of nitrogens with zero attached hydrogens (tertiary/aromatic N) is 6. The molecule has 2 heterocycles. The number of aromatic nitrogens is 5. The fraction of sp³-hybridized carbons (Fsp3) is 0.538. The van der Waals surface area contributed by atoms with Gasteiger partial charge >= 0.3 is 0 Å². The Morgan fingerprint density at radius 1 is 1.29 bits per heavy atom. The van der Waals surface area contributed by atoms with Gasteiger partial charge in [-0.15, -0.1) is 0 Å². The van der Waals surface area contributed by atoms with E-state index in [2.05, 4.69) is 32.2 Å². The Hall–Kier alpha value is -2.22. The number of anilines is 2. The SMILES string of the molecule is CCCNc1nc(N(CC)CCO)nc(-n2ccnc2)n1. The predicted molar refractivity (Wildman–Crippen MR) is 80.7 cm³/mol. The van der Waals surface area contributed by atoms with Gasteiger partial charge in [0.05, 0.1) is 6.61 Å². The van der Waals surface area contributed by atoms with Gasteiger partial charge in [0, 0.05) is 32.0 Å². The number of imidazole rings is 1. The molecule has 114 valence electrons. The number of aliphatic hydroxyl groups excluding tert-OH is 1. The first-order valence-electron chi connectivity index (χ1n) is 7.12. The van der Waals surface area contributed by atoms with Gasteiger partial charge in [-0.05, 0) is 13.3 Å². The van der Waals surface area contributed by atoms with Crippen LogP contribution in [0.15, 0.2) is 18.7 Å². The summed E-state index contributed by atoms with van der Waals surface area (Å²) in [5.41, 5.74) is 0. The number of nitrogens with one attached hydrogen (secondary N) is 1. The number of aliphatic hydroxyl groups is 1. The molecule has 0 aliphatic heterocycles. The second-order valence-electron chi connectivity index (χ2n) is 4.46. The van der Waals surface area contributed by atoms with Crippen molar-refractivity contribution in [3.05, 3.63) is 18.7 Å². The van der Waals surface area contributed by atoms with Crippen LogP contribution in [-0.2, 0) is 0 Å². The van der Waals surface area contributed by atoms with E-state index >= 15 is 0 Å². The Labute approximate surface area is 123 Å². The summed E-state index contributed by atoms with van der Waals surface area (Å²) in [4.78, 5) is 19.2. The molecule has 0 atom stereocenters. The maximum absolute atomic E-state index is 9.15. The standard InChI is InChI=1S/C13H21N7O/c1-3-5-15-11-16-12(19(4-2)8-9-21)18-13(17-11)20-7-6-14-10-20/h6-7,10,21H,3-5,8-9H2,1-2H3,(H,15,16,17,18). The highest BCUT2D eigenvalue weighted by molar-refractivity contribution is 5.40. The Kier molecular flexibility index (Phi) is 5.44. The van der Waals surface area contributed by atoms with Crippen LogP contribution in [0.1, 0.15) is 20.3 Å². The number of likely N-dealkylation sites (N-methyl/N-ethyl adjacent to an activating group) is 1. The zero-order chi connectivity index (χ0) is 15.1. The molecule has 21 heavy (non-hydrogen) atoms. The molecule has 0 unspecified atom stereocenters. The zero-order valence-corrected chi connectivity index (χ0v) is 12.4. The normalized spacial score (nSPS) is 10.6. The maximum Gasteiger partial charge on any atom is 0.241 e. The number of rotatable bonds is 8. The molecule has 0 saturated carbocycles. The van der Waals surface area contributed by atoms with Crippen molar-refractivity contribution < 1.29 is 5.11 Å². The fourth-order valence-corrected chi connectivity index (χ4v) is 1.82. The highest BCUT2D eigenvalue weighted by Crippen LogP contribution is 2.13. The van der Waals surface area contributed by atoms with Gasteiger partial charge < -0.3 is 15.3 Å². The summed E-state index contributed by atoms with van der Waals surface area (Å²) in [7, 11) is 0. The third-order valence-electron chi connectivity index (χ3n) is 2.91. The lowest BCUT2D eigenvalue weighted by Crippen LogP contribution is -2.29. The van der Waals surface area contributed by atoms with E-state index in [0.29, 0.717) is 30.9 Å². The molecule has 2 aromatic rings. The van der Waals surface area contributed by atoms with Gasteiger partial charge in [-0.25, -0.2) is 4.98 Å². The van der Waals surface area contributed by atoms with Gasteiger partial charge in [0.1, 0.15) is 6.33 Å². The lowest BCUT2D eigenvalue weighted by atomic mass is 10.5. The number of hydrogen-bond donors (Lipinski definition) is 2. The topological polar surface area (TPSA) is 92.0 Å². The molecule has 0 aromatic carbocycles. The van der Waals surface area contributed by atoms with E-state index in [1.165, 1.54) is 0 Å². The highest BCUT2D eigenvalue weighted by atomic mass is 16.3. The Morgan fingerprint density at radius 2 is 2.14 bits per heavy atom. The lowest BCUT2D eigenvalue weighted by molar-refractivity contribution is 0.301. The van der Waals surface area contributed by atoms with Crippen LogP contribution in [0.5, 0.6) is 0 Å². The summed E-state index contributed by atoms with van der Waals surface area (Å²) in [5.74, 6) is 1.58. The second kappa shape index (κ2) is 7.53. The van der Waals surface area contributed by atoms with Crippen LogP contribution in [0.2, 0.25) is 0 Å². The van der Waals surface area contributed by atoms with Gasteiger partial charge in [-0.3, -0.25) is 4.57 Å². The molecule has 0 aliphatic rings. The van der Waals surface area contributed by atoms with E-state index < -0.39 is 0 Å². The molecule has 2 aromatic heterocycles. The summed E-state index contributed by atoms with van der Waals surface area (Å²) in [6.07, 6.45) is 6.08. The first kappa shape index (κ1) is 15.2. The molecule has 2 rings (SSSR count). The molecule has 0 aliphatic carbocycles. The minimum absolute atomic E-state index is 0.0532. The highest BCUT2D eigenvalue weighted by Gasteiger charge is 2.12. The van der Waals surface area contributed by atoms with E-state index in [1.807, 2.05) is 11.8 Å². The lowest BCUT2D eigenvalue weighted by Gasteiger charge is -2.20. The van der Waals surface area contributed by atoms with Crippen LogP contribution < -0.4 is 10.2 Å². The van der Waals surface area contributed by atoms with E-state index in [1.54, 1.807) is 23.3 Å². The van der Waals surface area contributed by atoms with Crippen molar-refractivity contribution in [1.29, 1.82) is 0 Å². The first-order chi connectivity index (χ1) is 10.3. The fourth-order valence-electron chi connectivity index (χ4n) is 1.82. The van der Waals surface area contributed by atoms with Crippen LogP contribution >= 0.6 is 0 Å². The summed E-state index contributed by atoms with van der Waals surface area (Å²) in [6.45, 7) is 6.11. The van der Waals surface area contributed by atoms with Crippen molar-refractivity contribution in [1.82, 2.24) is 24.5 Å². The van der Waals surface area contributed by atoms with Crippen LogP contribution in [0.3, 0.4) is 0 Å². The van der Waals surface area contributed by atoms with Crippen molar-refractivity contribution in [2.75, 3.05) is 36.5 Å². The summed E-state index contributed by atoms with van der Waals surface area (Å²) >= 11 is 0. The largest absolute Gasteiger partial charge is 0.395 e. The second-order valence-corrected chi connectivity index (χ2v) is 4.46. The van der Waals surface area contributed by atoms with Crippen molar-refractivity contribution in [3.8, 4) is 5.95 Å². The molecule has 2 N–H and O–H groups in total. The number of hydrogen-bond acceptors (Lipinski definition) is 7. The van der Waals surface area contributed by atoms with Gasteiger partial charge in [-0.2, -0.15) is 15.0 Å². The molecule has 0 bridgehead atoms. The average Bonchev–Trinajstić information content (AvgIpc) is 3.04. The van der Waals surface area contributed by atoms with Gasteiger partial charge in [0.15, 0.2) is 0 Å². The first-order valence-corrected chi connectivity index (χ1v) is 7.12. The van der Waals surface area contributed by atoms with Gasteiger partial charge in [0.2, 0.25) is 17.8 Å². The van der Waals surface area contributed by atoms with Crippen molar-refractivity contribution in [2.24, 2.45) is 0 Å². The van der Waals surface area contributed by atoms with Crippen molar-refractivity contribution >= 4 is 11.9 Å². The Bertz CT molecular complexity index is 543. The molecule has 8 nitrogen and oxygen atoms in total. The molecule has 0 radical (unpaired) electrons. The summed E-state index contributed by atoms with van der Waals surface area (Å²) in [6, 6.07) is 0. The molecule has 0 amide bonds. The van der Waals surface area contributed by atoms with Crippen LogP contribution in [0.4, 0.5) is 11.9 Å². The van der Waals surface area contributed by atoms with Crippen molar-refractivity contribution in [3.63, 3.8) is 0 Å². The zero-order valence-electron chi connectivity index (χ0n) is 12.4. The van der Waals surface area contributed by atoms with Crippen LogP contribution in [0, 0.1) is 0 Å². The summed E-state index contributed by atoms with van der Waals surface area (Å²) < 4.78 is 1.73. The van der Waals surface area contributed by atoms with Crippen molar-refractivity contribution in [2.45, 2.75) is 20.3 Å². The quantitative estimate of drug-likeness (QED) is 0.739. The average molecular weight is 291 g/mol. The molecule has 0 spiro atoms. The minimum Gasteiger partial charge on any atom is -0.395 e. The van der Waals surface area contributed by atoms with Crippen LogP contribution in [0.25, 0.3) is 5.95 Å². The Balaban J connectivity index is 2.36. The Morgan fingerprint density at radius 3 is 2.76 bits per heavy atom.